The lowest BCUT2D eigenvalue weighted by atomic mass is 10.3. The fourth-order valence-corrected chi connectivity index (χ4v) is 2.76. The molecule has 0 saturated heterocycles. The van der Waals surface area contributed by atoms with Crippen LogP contribution in [-0.2, 0) is 4.79 Å². The van der Waals surface area contributed by atoms with Crippen molar-refractivity contribution < 1.29 is 4.79 Å². The maximum atomic E-state index is 11.8. The van der Waals surface area contributed by atoms with Gasteiger partial charge < -0.3 is 5.32 Å². The van der Waals surface area contributed by atoms with Crippen LogP contribution < -0.4 is 5.32 Å². The number of nitrogens with zero attached hydrogens (tertiary/aromatic N) is 2. The molecule has 2 rings (SSSR count). The molecule has 1 aromatic heterocycles. The average molecular weight is 322 g/mol. The third-order valence-corrected chi connectivity index (χ3v) is 3.75. The van der Waals surface area contributed by atoms with Crippen LogP contribution >= 0.6 is 23.4 Å². The first kappa shape index (κ1) is 15.8. The highest BCUT2D eigenvalue weighted by atomic mass is 35.5. The zero-order valence-electron chi connectivity index (χ0n) is 11.9. The van der Waals surface area contributed by atoms with E-state index in [0.29, 0.717) is 22.4 Å². The molecular weight excluding hydrogens is 306 g/mol. The van der Waals surface area contributed by atoms with Crippen LogP contribution in [0.1, 0.15) is 17.8 Å². The van der Waals surface area contributed by atoms with Crippen molar-refractivity contribution in [2.45, 2.75) is 25.4 Å². The summed E-state index contributed by atoms with van der Waals surface area (Å²) in [6.45, 7) is 3.87. The molecular formula is C15H16ClN3OS. The van der Waals surface area contributed by atoms with Crippen molar-refractivity contribution in [3.05, 3.63) is 46.7 Å². The topological polar surface area (TPSA) is 54.9 Å². The van der Waals surface area contributed by atoms with Gasteiger partial charge in [-0.05, 0) is 44.2 Å². The molecule has 0 bridgehead atoms. The number of hydrogen-bond donors (Lipinski definition) is 1. The molecule has 0 radical (unpaired) electrons. The number of thioether (sulfide) groups is 1. The number of halogens is 1. The highest BCUT2D eigenvalue weighted by molar-refractivity contribution is 7.99. The van der Waals surface area contributed by atoms with E-state index in [2.05, 4.69) is 15.3 Å². The maximum Gasteiger partial charge on any atom is 0.225 e. The molecule has 1 amide bonds. The van der Waals surface area contributed by atoms with Crippen molar-refractivity contribution in [1.29, 1.82) is 0 Å². The number of carbonyl (C=O) groups excluding carboxylic acids is 1. The summed E-state index contributed by atoms with van der Waals surface area (Å²) in [5, 5.41) is 4.19. The van der Waals surface area contributed by atoms with Gasteiger partial charge in [0.25, 0.3) is 0 Å². The molecule has 2 aromatic rings. The van der Waals surface area contributed by atoms with Gasteiger partial charge in [-0.25, -0.2) is 9.97 Å². The number of hydrogen-bond acceptors (Lipinski definition) is 4. The van der Waals surface area contributed by atoms with Crippen LogP contribution in [0.3, 0.4) is 0 Å². The molecule has 21 heavy (non-hydrogen) atoms. The lowest BCUT2D eigenvalue weighted by Gasteiger charge is -2.05. The Labute approximate surface area is 133 Å². The van der Waals surface area contributed by atoms with Gasteiger partial charge >= 0.3 is 0 Å². The van der Waals surface area contributed by atoms with E-state index in [1.807, 2.05) is 19.9 Å². The molecule has 0 unspecified atom stereocenters. The molecule has 0 spiro atoms. The number of benzene rings is 1. The third kappa shape index (κ3) is 5.36. The van der Waals surface area contributed by atoms with E-state index in [1.54, 1.807) is 24.3 Å². The Morgan fingerprint density at radius 1 is 1.19 bits per heavy atom. The number of anilines is 1. The van der Waals surface area contributed by atoms with Gasteiger partial charge in [-0.1, -0.05) is 23.4 Å². The highest BCUT2D eigenvalue weighted by Gasteiger charge is 2.05. The van der Waals surface area contributed by atoms with E-state index in [4.69, 9.17) is 11.6 Å². The van der Waals surface area contributed by atoms with Crippen LogP contribution in [0.15, 0.2) is 35.5 Å². The van der Waals surface area contributed by atoms with E-state index < -0.39 is 0 Å². The molecule has 6 heteroatoms. The molecule has 1 aromatic carbocycles. The van der Waals surface area contributed by atoms with Crippen LogP contribution in [0.25, 0.3) is 0 Å². The van der Waals surface area contributed by atoms with Crippen molar-refractivity contribution in [3.8, 4) is 0 Å². The maximum absolute atomic E-state index is 11.8. The van der Waals surface area contributed by atoms with Gasteiger partial charge in [0, 0.05) is 34.3 Å². The number of carbonyl (C=O) groups is 1. The van der Waals surface area contributed by atoms with Crippen LogP contribution in [0.4, 0.5) is 5.69 Å². The molecule has 0 saturated carbocycles. The van der Waals surface area contributed by atoms with Gasteiger partial charge in [0.15, 0.2) is 5.16 Å². The highest BCUT2D eigenvalue weighted by Crippen LogP contribution is 2.16. The first-order valence-electron chi connectivity index (χ1n) is 6.53. The summed E-state index contributed by atoms with van der Waals surface area (Å²) in [7, 11) is 0. The van der Waals surface area contributed by atoms with E-state index >= 15 is 0 Å². The van der Waals surface area contributed by atoms with Gasteiger partial charge in [0.05, 0.1) is 0 Å². The summed E-state index contributed by atoms with van der Waals surface area (Å²) in [4.78, 5) is 20.5. The number of rotatable bonds is 5. The Bertz CT molecular complexity index is 611. The zero-order chi connectivity index (χ0) is 15.2. The van der Waals surface area contributed by atoms with Crippen LogP contribution in [0, 0.1) is 13.8 Å². The number of nitrogens with one attached hydrogen (secondary N) is 1. The molecule has 0 fully saturated rings. The fourth-order valence-electron chi connectivity index (χ4n) is 1.75. The van der Waals surface area contributed by atoms with Crippen molar-refractivity contribution in [1.82, 2.24) is 9.97 Å². The molecule has 0 aliphatic heterocycles. The summed E-state index contributed by atoms with van der Waals surface area (Å²) in [5.41, 5.74) is 2.63. The lowest BCUT2D eigenvalue weighted by Crippen LogP contribution is -2.12. The summed E-state index contributed by atoms with van der Waals surface area (Å²) in [6.07, 6.45) is 0.406. The summed E-state index contributed by atoms with van der Waals surface area (Å²) in [6, 6.07) is 8.97. The Hall–Kier alpha value is -1.59. The van der Waals surface area contributed by atoms with Crippen LogP contribution in [0.2, 0.25) is 5.02 Å². The average Bonchev–Trinajstić information content (AvgIpc) is 2.40. The van der Waals surface area contributed by atoms with E-state index in [1.165, 1.54) is 11.8 Å². The molecule has 0 aliphatic carbocycles. The second kappa shape index (κ2) is 7.43. The second-order valence-electron chi connectivity index (χ2n) is 4.59. The molecule has 4 nitrogen and oxygen atoms in total. The lowest BCUT2D eigenvalue weighted by molar-refractivity contribution is -0.115. The predicted octanol–water partition coefficient (Wildman–Crippen LogP) is 3.87. The van der Waals surface area contributed by atoms with Gasteiger partial charge in [-0.2, -0.15) is 0 Å². The van der Waals surface area contributed by atoms with Gasteiger partial charge in [0.2, 0.25) is 5.91 Å². The van der Waals surface area contributed by atoms with Gasteiger partial charge in [0.1, 0.15) is 0 Å². The van der Waals surface area contributed by atoms with E-state index in [-0.39, 0.29) is 5.91 Å². The molecule has 0 atom stereocenters. The van der Waals surface area contributed by atoms with Crippen molar-refractivity contribution in [2.24, 2.45) is 0 Å². The van der Waals surface area contributed by atoms with Crippen molar-refractivity contribution >= 4 is 35.0 Å². The molecule has 110 valence electrons. The van der Waals surface area contributed by atoms with Gasteiger partial charge in [-0.15, -0.1) is 0 Å². The SMILES string of the molecule is Cc1cc(C)nc(SCCC(=O)Nc2ccc(Cl)cc2)n1. The standard InChI is InChI=1S/C15H16ClN3OS/c1-10-9-11(2)18-15(17-10)21-8-7-14(20)19-13-5-3-12(16)4-6-13/h3-6,9H,7-8H2,1-2H3,(H,19,20). The minimum absolute atomic E-state index is 0.0332. The Kier molecular flexibility index (Phi) is 5.59. The minimum atomic E-state index is -0.0332. The normalized spacial score (nSPS) is 10.4. The molecule has 1 N–H and O–H groups in total. The first-order chi connectivity index (χ1) is 10.0. The second-order valence-corrected chi connectivity index (χ2v) is 6.09. The predicted molar refractivity (Wildman–Crippen MR) is 86.9 cm³/mol. The molecule has 0 aliphatic rings. The van der Waals surface area contributed by atoms with Crippen molar-refractivity contribution in [3.63, 3.8) is 0 Å². The van der Waals surface area contributed by atoms with Crippen molar-refractivity contribution in [2.75, 3.05) is 11.1 Å². The summed E-state index contributed by atoms with van der Waals surface area (Å²) in [5.74, 6) is 0.608. The third-order valence-electron chi connectivity index (χ3n) is 2.65. The number of aryl methyl sites for hydroxylation is 2. The Morgan fingerprint density at radius 3 is 2.43 bits per heavy atom. The number of amides is 1. The summed E-state index contributed by atoms with van der Waals surface area (Å²) < 4.78 is 0. The number of aromatic nitrogens is 2. The molecule has 1 heterocycles. The quantitative estimate of drug-likeness (QED) is 0.671. The zero-order valence-corrected chi connectivity index (χ0v) is 13.5. The van der Waals surface area contributed by atoms with Crippen LogP contribution in [-0.4, -0.2) is 21.6 Å². The smallest absolute Gasteiger partial charge is 0.225 e. The van der Waals surface area contributed by atoms with Crippen LogP contribution in [0.5, 0.6) is 0 Å². The summed E-state index contributed by atoms with van der Waals surface area (Å²) >= 11 is 7.28. The van der Waals surface area contributed by atoms with Gasteiger partial charge in [-0.3, -0.25) is 4.79 Å². The first-order valence-corrected chi connectivity index (χ1v) is 7.90. The largest absolute Gasteiger partial charge is 0.326 e. The monoisotopic (exact) mass is 321 g/mol. The minimum Gasteiger partial charge on any atom is -0.326 e. The van der Waals surface area contributed by atoms with E-state index in [0.717, 1.165) is 17.1 Å². The Balaban J connectivity index is 1.80. The Morgan fingerprint density at radius 2 is 1.81 bits per heavy atom. The fraction of sp³-hybridized carbons (Fsp3) is 0.267. The van der Waals surface area contributed by atoms with E-state index in [9.17, 15) is 4.79 Å².